The first-order valence-electron chi connectivity index (χ1n) is 8.39. The Morgan fingerprint density at radius 3 is 2.63 bits per heavy atom. The highest BCUT2D eigenvalue weighted by Gasteiger charge is 2.23. The normalized spacial score (nSPS) is 16.7. The fraction of sp³-hybridized carbons (Fsp3) is 0.235. The Hall–Kier alpha value is -3.17. The zero-order valence-corrected chi connectivity index (χ0v) is 16.8. The summed E-state index contributed by atoms with van der Waals surface area (Å²) >= 11 is 12.5. The van der Waals surface area contributed by atoms with E-state index in [2.05, 4.69) is 15.6 Å². The second kappa shape index (κ2) is 8.68. The molecule has 2 heterocycles. The Morgan fingerprint density at radius 2 is 2.03 bits per heavy atom. The number of nitriles is 1. The lowest BCUT2D eigenvalue weighted by atomic mass is 9.99. The molecule has 30 heavy (non-hydrogen) atoms. The van der Waals surface area contributed by atoms with Crippen molar-refractivity contribution in [1.82, 2.24) is 20.2 Å². The van der Waals surface area contributed by atoms with Crippen LogP contribution in [0.4, 0.5) is 0 Å². The molecule has 1 aromatic heterocycles. The number of H-pyrrole nitrogens is 1. The maximum atomic E-state index is 12.0. The fourth-order valence-electron chi connectivity index (χ4n) is 2.54. The van der Waals surface area contributed by atoms with Crippen LogP contribution in [0.5, 0.6) is 5.75 Å². The highest BCUT2D eigenvalue weighted by molar-refractivity contribution is 6.37. The number of benzene rings is 1. The van der Waals surface area contributed by atoms with Gasteiger partial charge in [0.2, 0.25) is 11.6 Å². The Labute approximate surface area is 178 Å². The molecule has 2 aromatic rings. The third-order valence-electron chi connectivity index (χ3n) is 4.11. The van der Waals surface area contributed by atoms with Crippen LogP contribution in [-0.4, -0.2) is 43.7 Å². The van der Waals surface area contributed by atoms with Crippen LogP contribution in [0, 0.1) is 17.2 Å². The summed E-state index contributed by atoms with van der Waals surface area (Å²) in [5, 5.41) is 35.7. The molecule has 13 heteroatoms. The molecule has 4 N–H and O–H groups in total. The number of hydrazone groups is 1. The zero-order valence-electron chi connectivity index (χ0n) is 15.3. The zero-order chi connectivity index (χ0) is 22.0. The van der Waals surface area contributed by atoms with E-state index in [1.54, 1.807) is 13.0 Å². The molecule has 11 nitrogen and oxygen atoms in total. The van der Waals surface area contributed by atoms with Gasteiger partial charge >= 0.3 is 5.69 Å². The number of rotatable bonds is 4. The van der Waals surface area contributed by atoms with Crippen LogP contribution in [0.1, 0.15) is 12.6 Å². The van der Waals surface area contributed by atoms with Gasteiger partial charge in [0.25, 0.3) is 5.56 Å². The minimum atomic E-state index is -1.08. The Kier molecular flexibility index (Phi) is 6.23. The lowest BCUT2D eigenvalue weighted by Crippen LogP contribution is -2.35. The van der Waals surface area contributed by atoms with Crippen molar-refractivity contribution in [2.75, 3.05) is 6.61 Å². The lowest BCUT2D eigenvalue weighted by Gasteiger charge is -2.24. The van der Waals surface area contributed by atoms with E-state index in [1.807, 2.05) is 4.98 Å². The van der Waals surface area contributed by atoms with Gasteiger partial charge in [-0.1, -0.05) is 30.1 Å². The maximum Gasteiger partial charge on any atom is 0.349 e. The summed E-state index contributed by atoms with van der Waals surface area (Å²) < 4.78 is 6.37. The molecule has 0 aliphatic carbocycles. The van der Waals surface area contributed by atoms with Crippen LogP contribution in [-0.2, 0) is 0 Å². The molecule has 0 bridgehead atoms. The summed E-state index contributed by atoms with van der Waals surface area (Å²) in [6.45, 7) is 1.51. The van der Waals surface area contributed by atoms with E-state index in [9.17, 15) is 19.8 Å². The number of aromatic amines is 1. The molecule has 0 spiro atoms. The van der Waals surface area contributed by atoms with Gasteiger partial charge in [-0.05, 0) is 17.7 Å². The van der Waals surface area contributed by atoms with Gasteiger partial charge in [0, 0.05) is 18.6 Å². The fourth-order valence-corrected chi connectivity index (χ4v) is 3.09. The minimum Gasteiger partial charge on any atom is -0.434 e. The summed E-state index contributed by atoms with van der Waals surface area (Å²) in [6.07, 6.45) is 0.357. The van der Waals surface area contributed by atoms with Gasteiger partial charge in [0.05, 0.1) is 15.7 Å². The molecule has 0 amide bonds. The first kappa shape index (κ1) is 21.5. The average Bonchev–Trinajstić information content (AvgIpc) is 2.71. The van der Waals surface area contributed by atoms with Crippen LogP contribution >= 0.6 is 23.2 Å². The van der Waals surface area contributed by atoms with Crippen LogP contribution < -0.4 is 21.4 Å². The predicted molar refractivity (Wildman–Crippen MR) is 107 cm³/mol. The second-order valence-corrected chi connectivity index (χ2v) is 7.00. The molecular weight excluding hydrogens is 439 g/mol. The number of hydrogen-bond acceptors (Lipinski definition) is 9. The molecule has 0 fully saturated rings. The molecule has 156 valence electrons. The summed E-state index contributed by atoms with van der Waals surface area (Å²) in [5.41, 5.74) is 0.659. The first-order chi connectivity index (χ1) is 14.2. The molecule has 2 atom stereocenters. The Bertz CT molecular complexity index is 1190. The molecule has 0 radical (unpaired) electrons. The van der Waals surface area contributed by atoms with Crippen molar-refractivity contribution in [3.05, 3.63) is 60.4 Å². The van der Waals surface area contributed by atoms with E-state index < -0.39 is 23.2 Å². The molecule has 1 aromatic carbocycles. The number of aliphatic hydroxyl groups excluding tert-OH is 2. The number of halogens is 2. The third-order valence-corrected chi connectivity index (χ3v) is 4.68. The van der Waals surface area contributed by atoms with Crippen molar-refractivity contribution in [2.24, 2.45) is 11.0 Å². The smallest absolute Gasteiger partial charge is 0.349 e. The van der Waals surface area contributed by atoms with E-state index in [0.717, 1.165) is 4.68 Å². The molecule has 1 aliphatic heterocycles. The van der Waals surface area contributed by atoms with Crippen molar-refractivity contribution >= 4 is 29.1 Å². The van der Waals surface area contributed by atoms with Gasteiger partial charge in [-0.3, -0.25) is 15.2 Å². The van der Waals surface area contributed by atoms with Crippen molar-refractivity contribution in [3.63, 3.8) is 0 Å². The van der Waals surface area contributed by atoms with Crippen molar-refractivity contribution in [3.8, 4) is 17.5 Å². The molecule has 1 aliphatic rings. The average molecular weight is 453 g/mol. The van der Waals surface area contributed by atoms with E-state index in [-0.39, 0.29) is 39.9 Å². The van der Waals surface area contributed by atoms with Gasteiger partial charge in [0.15, 0.2) is 12.0 Å². The van der Waals surface area contributed by atoms with Crippen LogP contribution in [0.3, 0.4) is 0 Å². The SMILES string of the molecule is CC(CO)C1=CC(Oc2c(Cl)cc(-n3nc(C#N)c(=O)[nH]c3=O)cc2Cl)=NNC1O. The Balaban J connectivity index is 1.97. The van der Waals surface area contributed by atoms with E-state index >= 15 is 0 Å². The number of nitrogens with one attached hydrogen (secondary N) is 2. The van der Waals surface area contributed by atoms with Gasteiger partial charge in [-0.15, -0.1) is 10.2 Å². The third kappa shape index (κ3) is 4.22. The standard InChI is InChI=1S/C17H14Cl2N6O5/c1-7(6-26)9-4-13(22-23-15(9)27)30-14-10(18)2-8(3-11(14)19)25-17(29)21-16(28)12(5-20)24-25/h2-4,7,15,23,26-27H,6H2,1H3,(H,21,28,29). The van der Waals surface area contributed by atoms with Crippen LogP contribution in [0.25, 0.3) is 5.69 Å². The number of aliphatic hydroxyl groups is 2. The number of hydrogen-bond donors (Lipinski definition) is 4. The van der Waals surface area contributed by atoms with Gasteiger partial charge in [0.1, 0.15) is 6.07 Å². The minimum absolute atomic E-state index is 0.00394. The summed E-state index contributed by atoms with van der Waals surface area (Å²) in [4.78, 5) is 25.5. The number of nitrogens with zero attached hydrogens (tertiary/aromatic N) is 4. The molecule has 3 rings (SSSR count). The second-order valence-electron chi connectivity index (χ2n) is 6.18. The first-order valence-corrected chi connectivity index (χ1v) is 9.15. The molecule has 0 saturated carbocycles. The quantitative estimate of drug-likeness (QED) is 0.512. The Morgan fingerprint density at radius 1 is 1.37 bits per heavy atom. The number of ether oxygens (including phenoxy) is 1. The summed E-state index contributed by atoms with van der Waals surface area (Å²) in [6, 6.07) is 4.17. The van der Waals surface area contributed by atoms with Gasteiger partial charge in [-0.25, -0.2) is 4.79 Å². The van der Waals surface area contributed by atoms with Crippen molar-refractivity contribution in [1.29, 1.82) is 5.26 Å². The van der Waals surface area contributed by atoms with Gasteiger partial charge < -0.3 is 14.9 Å². The monoisotopic (exact) mass is 452 g/mol. The van der Waals surface area contributed by atoms with E-state index in [1.165, 1.54) is 18.2 Å². The topological polar surface area (TPSA) is 166 Å². The van der Waals surface area contributed by atoms with Crippen LogP contribution in [0.15, 0.2) is 38.5 Å². The maximum absolute atomic E-state index is 12.0. The summed E-state index contributed by atoms with van der Waals surface area (Å²) in [5.74, 6) is -0.329. The molecule has 2 unspecified atom stereocenters. The van der Waals surface area contributed by atoms with Crippen molar-refractivity contribution in [2.45, 2.75) is 13.2 Å². The summed E-state index contributed by atoms with van der Waals surface area (Å²) in [7, 11) is 0. The van der Waals surface area contributed by atoms with E-state index in [0.29, 0.717) is 5.57 Å². The molecular formula is C17H14Cl2N6O5. The highest BCUT2D eigenvalue weighted by Crippen LogP contribution is 2.35. The molecule has 0 saturated heterocycles. The predicted octanol–water partition coefficient (Wildman–Crippen LogP) is 0.268. The highest BCUT2D eigenvalue weighted by atomic mass is 35.5. The van der Waals surface area contributed by atoms with Crippen LogP contribution in [0.2, 0.25) is 10.0 Å². The van der Waals surface area contributed by atoms with Gasteiger partial charge in [-0.2, -0.15) is 9.94 Å². The largest absolute Gasteiger partial charge is 0.434 e. The number of aromatic nitrogens is 3. The van der Waals surface area contributed by atoms with Crippen molar-refractivity contribution < 1.29 is 14.9 Å². The lowest BCUT2D eigenvalue weighted by molar-refractivity contribution is 0.146. The van der Waals surface area contributed by atoms with E-state index in [4.69, 9.17) is 33.2 Å².